The Labute approximate surface area is 204 Å². The molecule has 0 bridgehead atoms. The minimum absolute atomic E-state index is 0.126. The zero-order chi connectivity index (χ0) is 23.8. The van der Waals surface area contributed by atoms with Crippen molar-refractivity contribution < 1.29 is 14.3 Å². The zero-order valence-corrected chi connectivity index (χ0v) is 19.9. The Kier molecular flexibility index (Phi) is 5.74. The van der Waals surface area contributed by atoms with E-state index in [-0.39, 0.29) is 5.78 Å². The van der Waals surface area contributed by atoms with Gasteiger partial charge in [-0.25, -0.2) is 4.98 Å². The number of piperazine rings is 1. The fraction of sp³-hybridized carbons (Fsp3) is 0.370. The highest BCUT2D eigenvalue weighted by molar-refractivity contribution is 6.03. The molecule has 0 radical (unpaired) electrons. The van der Waals surface area contributed by atoms with Crippen molar-refractivity contribution in [1.29, 1.82) is 0 Å². The smallest absolute Gasteiger partial charge is 0.231 e. The van der Waals surface area contributed by atoms with Crippen molar-refractivity contribution in [2.45, 2.75) is 32.7 Å². The molecule has 1 aliphatic carbocycles. The lowest BCUT2D eigenvalue weighted by atomic mass is 9.95. The lowest BCUT2D eigenvalue weighted by Crippen LogP contribution is -2.46. The van der Waals surface area contributed by atoms with Crippen molar-refractivity contribution in [3.8, 4) is 11.5 Å². The van der Waals surface area contributed by atoms with E-state index in [1.54, 1.807) is 0 Å². The lowest BCUT2D eigenvalue weighted by Gasteiger charge is -2.35. The van der Waals surface area contributed by atoms with Crippen molar-refractivity contribution >= 4 is 23.2 Å². The van der Waals surface area contributed by atoms with Crippen molar-refractivity contribution in [3.05, 3.63) is 64.8 Å². The van der Waals surface area contributed by atoms with E-state index < -0.39 is 0 Å². The third kappa shape index (κ3) is 4.53. The first kappa shape index (κ1) is 21.9. The summed E-state index contributed by atoms with van der Waals surface area (Å²) in [6, 6.07) is 14.3. The van der Waals surface area contributed by atoms with Crippen molar-refractivity contribution in [2.24, 2.45) is 0 Å². The molecule has 180 valence electrons. The lowest BCUT2D eigenvalue weighted by molar-refractivity contribution is 0.0972. The molecule has 3 aromatic rings. The van der Waals surface area contributed by atoms with Gasteiger partial charge in [0.15, 0.2) is 17.3 Å². The van der Waals surface area contributed by atoms with E-state index in [9.17, 15) is 4.79 Å². The molecule has 0 unspecified atom stereocenters. The second-order valence-corrected chi connectivity index (χ2v) is 9.41. The summed E-state index contributed by atoms with van der Waals surface area (Å²) in [7, 11) is 0. The quantitative estimate of drug-likeness (QED) is 0.596. The number of aryl methyl sites for hydroxylation is 2. The van der Waals surface area contributed by atoms with Crippen LogP contribution in [0, 0.1) is 6.92 Å². The molecular formula is C27H29N5O3. The molecule has 1 saturated heterocycles. The first-order valence-electron chi connectivity index (χ1n) is 12.3. The van der Waals surface area contributed by atoms with E-state index in [2.05, 4.69) is 46.3 Å². The number of ketones is 1. The van der Waals surface area contributed by atoms with Crippen LogP contribution in [0.4, 0.5) is 17.5 Å². The summed E-state index contributed by atoms with van der Waals surface area (Å²) in [5.74, 6) is 3.10. The second kappa shape index (κ2) is 9.19. The van der Waals surface area contributed by atoms with E-state index in [0.29, 0.717) is 30.5 Å². The minimum atomic E-state index is 0.126. The summed E-state index contributed by atoms with van der Waals surface area (Å²) in [4.78, 5) is 27.1. The molecule has 2 aliphatic heterocycles. The summed E-state index contributed by atoms with van der Waals surface area (Å²) in [6.07, 6.45) is 2.20. The average molecular weight is 472 g/mol. The fourth-order valence-electron chi connectivity index (χ4n) is 4.92. The number of rotatable bonds is 5. The molecular weight excluding hydrogens is 442 g/mol. The van der Waals surface area contributed by atoms with Crippen LogP contribution in [0.1, 0.15) is 40.0 Å². The van der Waals surface area contributed by atoms with Gasteiger partial charge in [-0.05, 0) is 49.6 Å². The number of hydrogen-bond acceptors (Lipinski definition) is 8. The van der Waals surface area contributed by atoms with Crippen LogP contribution in [0.2, 0.25) is 0 Å². The summed E-state index contributed by atoms with van der Waals surface area (Å²) in [6.45, 7) is 6.71. The molecule has 1 fully saturated rings. The van der Waals surface area contributed by atoms with Crippen molar-refractivity contribution in [1.82, 2.24) is 14.9 Å². The topological polar surface area (TPSA) is 79.8 Å². The Hall–Kier alpha value is -3.65. The number of aromatic nitrogens is 2. The molecule has 8 heteroatoms. The summed E-state index contributed by atoms with van der Waals surface area (Å²) in [5, 5.41) is 3.40. The van der Waals surface area contributed by atoms with Crippen LogP contribution in [0.15, 0.2) is 42.5 Å². The van der Waals surface area contributed by atoms with Crippen LogP contribution in [0.25, 0.3) is 0 Å². The normalized spacial score (nSPS) is 17.4. The van der Waals surface area contributed by atoms with Crippen LogP contribution in [0.5, 0.6) is 11.5 Å². The third-order valence-corrected chi connectivity index (χ3v) is 6.88. The summed E-state index contributed by atoms with van der Waals surface area (Å²) < 4.78 is 10.9. The van der Waals surface area contributed by atoms with Crippen molar-refractivity contribution in [2.75, 3.05) is 43.2 Å². The number of anilines is 3. The molecule has 6 rings (SSSR count). The van der Waals surface area contributed by atoms with E-state index in [0.717, 1.165) is 68.4 Å². The van der Waals surface area contributed by atoms with E-state index in [1.807, 2.05) is 18.2 Å². The van der Waals surface area contributed by atoms with Crippen LogP contribution >= 0.6 is 0 Å². The highest BCUT2D eigenvalue weighted by atomic mass is 16.7. The average Bonchev–Trinajstić information content (AvgIpc) is 3.34. The number of Topliss-reactive ketones (excluding diaryl/α,β-unsaturated/α-hetero) is 1. The van der Waals surface area contributed by atoms with Gasteiger partial charge in [0.05, 0.1) is 11.3 Å². The largest absolute Gasteiger partial charge is 0.454 e. The molecule has 3 heterocycles. The van der Waals surface area contributed by atoms with E-state index in [1.165, 1.54) is 11.1 Å². The van der Waals surface area contributed by atoms with Gasteiger partial charge >= 0.3 is 0 Å². The van der Waals surface area contributed by atoms with Gasteiger partial charge in [-0.1, -0.05) is 23.8 Å². The Bertz CT molecular complexity index is 1250. The van der Waals surface area contributed by atoms with Crippen LogP contribution in [-0.4, -0.2) is 53.6 Å². The predicted molar refractivity (Wildman–Crippen MR) is 134 cm³/mol. The number of nitrogens with zero attached hydrogens (tertiary/aromatic N) is 4. The highest BCUT2D eigenvalue weighted by Gasteiger charge is 2.27. The molecule has 3 aliphatic rings. The molecule has 0 saturated carbocycles. The van der Waals surface area contributed by atoms with Gasteiger partial charge in [-0.3, -0.25) is 9.69 Å². The fourth-order valence-corrected chi connectivity index (χ4v) is 4.92. The number of carbonyl (C=O) groups excluding carboxylic acids is 1. The SMILES string of the molecule is Cc1ccc(Nc2nc(N3CCN(Cc4ccc5c(c4)OCO5)CC3)nc3c2C(=O)CCC3)cc1. The van der Waals surface area contributed by atoms with Gasteiger partial charge in [0.2, 0.25) is 12.7 Å². The summed E-state index contributed by atoms with van der Waals surface area (Å²) >= 11 is 0. The maximum Gasteiger partial charge on any atom is 0.231 e. The molecule has 1 aromatic heterocycles. The van der Waals surface area contributed by atoms with Gasteiger partial charge in [0.1, 0.15) is 5.82 Å². The molecule has 35 heavy (non-hydrogen) atoms. The number of hydrogen-bond donors (Lipinski definition) is 1. The maximum atomic E-state index is 12.8. The first-order chi connectivity index (χ1) is 17.1. The van der Waals surface area contributed by atoms with Gasteiger partial charge in [-0.2, -0.15) is 4.98 Å². The molecule has 0 atom stereocenters. The molecule has 1 N–H and O–H groups in total. The monoisotopic (exact) mass is 471 g/mol. The Balaban J connectivity index is 1.19. The number of nitrogens with one attached hydrogen (secondary N) is 1. The minimum Gasteiger partial charge on any atom is -0.454 e. The number of benzene rings is 2. The van der Waals surface area contributed by atoms with Gasteiger partial charge < -0.3 is 19.7 Å². The van der Waals surface area contributed by atoms with Crippen LogP contribution in [-0.2, 0) is 13.0 Å². The molecule has 8 nitrogen and oxygen atoms in total. The van der Waals surface area contributed by atoms with Crippen LogP contribution < -0.4 is 19.7 Å². The first-order valence-corrected chi connectivity index (χ1v) is 12.3. The van der Waals surface area contributed by atoms with Gasteiger partial charge in [0, 0.05) is 44.8 Å². The zero-order valence-electron chi connectivity index (χ0n) is 19.9. The van der Waals surface area contributed by atoms with E-state index in [4.69, 9.17) is 19.4 Å². The van der Waals surface area contributed by atoms with Gasteiger partial charge in [-0.15, -0.1) is 0 Å². The number of fused-ring (bicyclic) bond motifs is 2. The standard InChI is InChI=1S/C27H29N5O3/c1-18-5-8-20(9-6-18)28-26-25-21(3-2-4-22(25)33)29-27(30-26)32-13-11-31(12-14-32)16-19-7-10-23-24(15-19)35-17-34-23/h5-10,15H,2-4,11-14,16-17H2,1H3,(H,28,29,30). The Morgan fingerprint density at radius 3 is 2.57 bits per heavy atom. The number of ether oxygens (including phenoxy) is 2. The van der Waals surface area contributed by atoms with Gasteiger partial charge in [0.25, 0.3) is 0 Å². The third-order valence-electron chi connectivity index (χ3n) is 6.88. The Morgan fingerprint density at radius 2 is 1.74 bits per heavy atom. The maximum absolute atomic E-state index is 12.8. The summed E-state index contributed by atoms with van der Waals surface area (Å²) in [5.41, 5.74) is 4.85. The van der Waals surface area contributed by atoms with Crippen LogP contribution in [0.3, 0.4) is 0 Å². The Morgan fingerprint density at radius 1 is 0.943 bits per heavy atom. The predicted octanol–water partition coefficient (Wildman–Crippen LogP) is 4.10. The van der Waals surface area contributed by atoms with Crippen molar-refractivity contribution in [3.63, 3.8) is 0 Å². The number of carbonyl (C=O) groups is 1. The molecule has 0 spiro atoms. The molecule has 0 amide bonds. The van der Waals surface area contributed by atoms with E-state index >= 15 is 0 Å². The highest BCUT2D eigenvalue weighted by Crippen LogP contribution is 2.33. The second-order valence-electron chi connectivity index (χ2n) is 9.41. The molecule has 2 aromatic carbocycles.